The van der Waals surface area contributed by atoms with E-state index in [4.69, 9.17) is 0 Å². The van der Waals surface area contributed by atoms with Crippen LogP contribution in [-0.2, 0) is 0 Å². The number of nitrogens with one attached hydrogen (secondary N) is 2. The van der Waals surface area contributed by atoms with E-state index < -0.39 is 0 Å². The molecule has 0 aromatic heterocycles. The van der Waals surface area contributed by atoms with Crippen LogP contribution in [0.2, 0.25) is 0 Å². The van der Waals surface area contributed by atoms with E-state index in [0.717, 1.165) is 17.9 Å². The first-order valence-electron chi connectivity index (χ1n) is 6.78. The molecule has 1 saturated heterocycles. The summed E-state index contributed by atoms with van der Waals surface area (Å²) in [6.45, 7) is 6.14. The molecule has 0 aromatic rings. The van der Waals surface area contributed by atoms with Gasteiger partial charge in [-0.1, -0.05) is 6.92 Å². The van der Waals surface area contributed by atoms with Crippen molar-refractivity contribution in [3.05, 3.63) is 0 Å². The van der Waals surface area contributed by atoms with E-state index in [1.165, 1.54) is 58.2 Å². The van der Waals surface area contributed by atoms with Gasteiger partial charge in [-0.3, -0.25) is 0 Å². The molecule has 2 N–H and O–H groups in total. The van der Waals surface area contributed by atoms with Crippen molar-refractivity contribution in [1.29, 1.82) is 0 Å². The zero-order valence-corrected chi connectivity index (χ0v) is 10.1. The molecule has 0 radical (unpaired) electrons. The van der Waals surface area contributed by atoms with Crippen LogP contribution in [0.15, 0.2) is 0 Å². The molecule has 2 aliphatic rings. The normalized spacial score (nSPS) is 36.2. The van der Waals surface area contributed by atoms with Crippen molar-refractivity contribution in [3.63, 3.8) is 0 Å². The number of hydrogen-bond acceptors (Lipinski definition) is 2. The van der Waals surface area contributed by atoms with Crippen LogP contribution in [0.5, 0.6) is 0 Å². The fraction of sp³-hybridized carbons (Fsp3) is 1.00. The summed E-state index contributed by atoms with van der Waals surface area (Å²) in [4.78, 5) is 0. The Morgan fingerprint density at radius 2 is 2.20 bits per heavy atom. The van der Waals surface area contributed by atoms with Gasteiger partial charge in [-0.15, -0.1) is 0 Å². The molecular weight excluding hydrogens is 184 g/mol. The van der Waals surface area contributed by atoms with E-state index in [2.05, 4.69) is 17.6 Å². The molecule has 2 rings (SSSR count). The van der Waals surface area contributed by atoms with Gasteiger partial charge in [0.05, 0.1) is 0 Å². The van der Waals surface area contributed by atoms with Crippen molar-refractivity contribution in [2.24, 2.45) is 11.8 Å². The summed E-state index contributed by atoms with van der Waals surface area (Å²) in [5.41, 5.74) is 0. The molecule has 1 aliphatic carbocycles. The second-order valence-electron chi connectivity index (χ2n) is 5.57. The first kappa shape index (κ1) is 11.4. The van der Waals surface area contributed by atoms with Gasteiger partial charge in [0.15, 0.2) is 0 Å². The standard InChI is InChI=1S/C13H26N2/c1-11-4-5-13(9-11)15-7-2-3-12-6-8-14-10-12/h11-15H,2-10H2,1H3. The second-order valence-corrected chi connectivity index (χ2v) is 5.57. The third-order valence-electron chi connectivity index (χ3n) is 4.08. The van der Waals surface area contributed by atoms with Crippen molar-refractivity contribution in [2.75, 3.05) is 19.6 Å². The molecule has 1 aliphatic heterocycles. The quantitative estimate of drug-likeness (QED) is 0.680. The Labute approximate surface area is 94.2 Å². The summed E-state index contributed by atoms with van der Waals surface area (Å²) in [6, 6.07) is 0.835. The highest BCUT2D eigenvalue weighted by molar-refractivity contribution is 4.78. The van der Waals surface area contributed by atoms with E-state index >= 15 is 0 Å². The van der Waals surface area contributed by atoms with Crippen LogP contribution in [0.1, 0.15) is 45.4 Å². The van der Waals surface area contributed by atoms with Gasteiger partial charge in [-0.05, 0) is 70.0 Å². The molecular formula is C13H26N2. The zero-order chi connectivity index (χ0) is 10.5. The third kappa shape index (κ3) is 3.76. The fourth-order valence-corrected chi connectivity index (χ4v) is 3.05. The predicted molar refractivity (Wildman–Crippen MR) is 65.0 cm³/mol. The molecule has 3 unspecified atom stereocenters. The summed E-state index contributed by atoms with van der Waals surface area (Å²) < 4.78 is 0. The van der Waals surface area contributed by atoms with Crippen LogP contribution in [0, 0.1) is 11.8 Å². The molecule has 2 nitrogen and oxygen atoms in total. The molecule has 3 atom stereocenters. The van der Waals surface area contributed by atoms with Crippen molar-refractivity contribution in [3.8, 4) is 0 Å². The lowest BCUT2D eigenvalue weighted by Gasteiger charge is -2.13. The maximum Gasteiger partial charge on any atom is 0.00696 e. The van der Waals surface area contributed by atoms with Crippen LogP contribution in [-0.4, -0.2) is 25.7 Å². The first-order valence-corrected chi connectivity index (χ1v) is 6.78. The van der Waals surface area contributed by atoms with Gasteiger partial charge in [-0.2, -0.15) is 0 Å². The van der Waals surface area contributed by atoms with Crippen LogP contribution in [0.3, 0.4) is 0 Å². The van der Waals surface area contributed by atoms with Gasteiger partial charge >= 0.3 is 0 Å². The van der Waals surface area contributed by atoms with E-state index in [1.54, 1.807) is 0 Å². The summed E-state index contributed by atoms with van der Waals surface area (Å²) in [5.74, 6) is 1.93. The molecule has 2 heteroatoms. The van der Waals surface area contributed by atoms with Gasteiger partial charge in [-0.25, -0.2) is 0 Å². The Bertz CT molecular complexity index is 175. The molecule has 88 valence electrons. The fourth-order valence-electron chi connectivity index (χ4n) is 3.05. The van der Waals surface area contributed by atoms with Crippen LogP contribution in [0.4, 0.5) is 0 Å². The lowest BCUT2D eigenvalue weighted by atomic mass is 10.0. The number of hydrogen-bond donors (Lipinski definition) is 2. The highest BCUT2D eigenvalue weighted by atomic mass is 14.9. The van der Waals surface area contributed by atoms with E-state index in [-0.39, 0.29) is 0 Å². The average Bonchev–Trinajstić information content (AvgIpc) is 2.84. The molecule has 1 saturated carbocycles. The van der Waals surface area contributed by atoms with Crippen LogP contribution in [0.25, 0.3) is 0 Å². The predicted octanol–water partition coefficient (Wildman–Crippen LogP) is 2.15. The summed E-state index contributed by atoms with van der Waals surface area (Å²) in [5, 5.41) is 7.16. The van der Waals surface area contributed by atoms with Gasteiger partial charge < -0.3 is 10.6 Å². The molecule has 0 spiro atoms. The lowest BCUT2D eigenvalue weighted by molar-refractivity contribution is 0.453. The van der Waals surface area contributed by atoms with Crippen LogP contribution >= 0.6 is 0 Å². The topological polar surface area (TPSA) is 24.1 Å². The Hall–Kier alpha value is -0.0800. The first-order chi connectivity index (χ1) is 7.34. The minimum absolute atomic E-state index is 0.835. The van der Waals surface area contributed by atoms with Crippen molar-refractivity contribution >= 4 is 0 Å². The Morgan fingerprint density at radius 1 is 1.27 bits per heavy atom. The maximum atomic E-state index is 3.72. The van der Waals surface area contributed by atoms with Crippen LogP contribution < -0.4 is 10.6 Å². The minimum Gasteiger partial charge on any atom is -0.316 e. The average molecular weight is 210 g/mol. The molecule has 2 fully saturated rings. The summed E-state index contributed by atoms with van der Waals surface area (Å²) in [6.07, 6.45) is 8.45. The Balaban J connectivity index is 1.48. The largest absolute Gasteiger partial charge is 0.316 e. The number of rotatable bonds is 5. The van der Waals surface area contributed by atoms with Gasteiger partial charge in [0.2, 0.25) is 0 Å². The molecule has 0 bridgehead atoms. The van der Waals surface area contributed by atoms with Crippen molar-refractivity contribution in [1.82, 2.24) is 10.6 Å². The SMILES string of the molecule is CC1CCC(NCCCC2CCNC2)C1. The molecule has 0 amide bonds. The smallest absolute Gasteiger partial charge is 0.00696 e. The van der Waals surface area contributed by atoms with E-state index in [0.29, 0.717) is 0 Å². The molecule has 1 heterocycles. The summed E-state index contributed by atoms with van der Waals surface area (Å²) in [7, 11) is 0. The third-order valence-corrected chi connectivity index (χ3v) is 4.08. The lowest BCUT2D eigenvalue weighted by Crippen LogP contribution is -2.27. The van der Waals surface area contributed by atoms with Gasteiger partial charge in [0, 0.05) is 6.04 Å². The molecule has 0 aromatic carbocycles. The van der Waals surface area contributed by atoms with Crippen molar-refractivity contribution < 1.29 is 0 Å². The van der Waals surface area contributed by atoms with Gasteiger partial charge in [0.25, 0.3) is 0 Å². The maximum absolute atomic E-state index is 3.72. The van der Waals surface area contributed by atoms with Crippen molar-refractivity contribution in [2.45, 2.75) is 51.5 Å². The van der Waals surface area contributed by atoms with E-state index in [1.807, 2.05) is 0 Å². The highest BCUT2D eigenvalue weighted by Gasteiger charge is 2.20. The zero-order valence-electron chi connectivity index (χ0n) is 10.1. The Kier molecular flexibility index (Phi) is 4.45. The second kappa shape index (κ2) is 5.86. The van der Waals surface area contributed by atoms with E-state index in [9.17, 15) is 0 Å². The monoisotopic (exact) mass is 210 g/mol. The van der Waals surface area contributed by atoms with Gasteiger partial charge in [0.1, 0.15) is 0 Å². The Morgan fingerprint density at radius 3 is 2.87 bits per heavy atom. The highest BCUT2D eigenvalue weighted by Crippen LogP contribution is 2.24. The minimum atomic E-state index is 0.835. The summed E-state index contributed by atoms with van der Waals surface area (Å²) >= 11 is 0. The molecule has 15 heavy (non-hydrogen) atoms.